The highest BCUT2D eigenvalue weighted by molar-refractivity contribution is 5.74. The van der Waals surface area contributed by atoms with Crippen LogP contribution in [0.3, 0.4) is 0 Å². The van der Waals surface area contributed by atoms with E-state index in [4.69, 9.17) is 4.74 Å². The fourth-order valence-electron chi connectivity index (χ4n) is 3.27. The Morgan fingerprint density at radius 1 is 1.04 bits per heavy atom. The quantitative estimate of drug-likeness (QED) is 0.889. The van der Waals surface area contributed by atoms with Crippen LogP contribution in [0.2, 0.25) is 0 Å². The number of benzene rings is 1. The van der Waals surface area contributed by atoms with Gasteiger partial charge in [0.05, 0.1) is 12.7 Å². The summed E-state index contributed by atoms with van der Waals surface area (Å²) >= 11 is 0. The van der Waals surface area contributed by atoms with Gasteiger partial charge in [0.2, 0.25) is 0 Å². The molecule has 0 saturated carbocycles. The number of nitrogens with zero attached hydrogens (tertiary/aromatic N) is 1. The molecular weight excluding hydrogens is 302 g/mol. The molecule has 1 unspecified atom stereocenters. The topological polar surface area (TPSA) is 53.6 Å². The van der Waals surface area contributed by atoms with Gasteiger partial charge in [-0.05, 0) is 75.0 Å². The van der Waals surface area contributed by atoms with Gasteiger partial charge in [0, 0.05) is 26.2 Å². The molecule has 0 radical (unpaired) electrons. The molecule has 1 aromatic rings. The van der Waals surface area contributed by atoms with Gasteiger partial charge in [-0.25, -0.2) is 4.79 Å². The van der Waals surface area contributed by atoms with Crippen LogP contribution in [-0.2, 0) is 11.3 Å². The minimum Gasteiger partial charge on any atom is -0.374 e. The maximum Gasteiger partial charge on any atom is 0.315 e. The average molecular weight is 333 g/mol. The number of likely N-dealkylation sites (N-methyl/N-ethyl adjacent to an activating group) is 1. The largest absolute Gasteiger partial charge is 0.374 e. The van der Waals surface area contributed by atoms with Gasteiger partial charge in [-0.3, -0.25) is 0 Å². The van der Waals surface area contributed by atoms with Crippen LogP contribution >= 0.6 is 0 Å². The smallest absolute Gasteiger partial charge is 0.315 e. The molecule has 0 bridgehead atoms. The molecule has 1 aromatic carbocycles. The van der Waals surface area contributed by atoms with Crippen molar-refractivity contribution in [3.05, 3.63) is 33.4 Å². The first-order valence-corrected chi connectivity index (χ1v) is 8.69. The van der Waals surface area contributed by atoms with Crippen LogP contribution in [0.5, 0.6) is 0 Å². The van der Waals surface area contributed by atoms with Crippen molar-refractivity contribution in [2.45, 2.75) is 47.3 Å². The SMILES string of the molecule is Cc1c(C)c(C)c(CNC(=O)NCC2CN(C)CCO2)c(C)c1C. The summed E-state index contributed by atoms with van der Waals surface area (Å²) in [7, 11) is 2.07. The highest BCUT2D eigenvalue weighted by Crippen LogP contribution is 2.25. The molecule has 2 amide bonds. The summed E-state index contributed by atoms with van der Waals surface area (Å²) in [5.41, 5.74) is 7.74. The lowest BCUT2D eigenvalue weighted by atomic mass is 9.89. The lowest BCUT2D eigenvalue weighted by Crippen LogP contribution is -2.47. The highest BCUT2D eigenvalue weighted by atomic mass is 16.5. The molecule has 1 fully saturated rings. The Balaban J connectivity index is 1.90. The third-order valence-electron chi connectivity index (χ3n) is 5.41. The Bertz CT molecular complexity index is 584. The van der Waals surface area contributed by atoms with Crippen LogP contribution in [0.15, 0.2) is 0 Å². The van der Waals surface area contributed by atoms with Crippen LogP contribution in [-0.4, -0.2) is 50.3 Å². The molecule has 1 heterocycles. The number of morpholine rings is 1. The zero-order chi connectivity index (χ0) is 17.9. The number of rotatable bonds is 4. The third kappa shape index (κ3) is 4.28. The first-order chi connectivity index (χ1) is 11.3. The minimum atomic E-state index is -0.137. The summed E-state index contributed by atoms with van der Waals surface area (Å²) in [5, 5.41) is 5.91. The number of carbonyl (C=O) groups is 1. The number of amides is 2. The van der Waals surface area contributed by atoms with Crippen molar-refractivity contribution in [1.29, 1.82) is 0 Å². The molecule has 0 aromatic heterocycles. The van der Waals surface area contributed by atoms with E-state index in [1.54, 1.807) is 0 Å². The molecule has 134 valence electrons. The molecule has 0 aliphatic carbocycles. The van der Waals surface area contributed by atoms with Crippen LogP contribution in [0.25, 0.3) is 0 Å². The number of urea groups is 1. The fraction of sp³-hybridized carbons (Fsp3) is 0.632. The number of nitrogens with one attached hydrogen (secondary N) is 2. The summed E-state index contributed by atoms with van der Waals surface area (Å²) in [6.07, 6.45) is 0.0711. The van der Waals surface area contributed by atoms with Crippen molar-refractivity contribution in [2.75, 3.05) is 33.3 Å². The maximum atomic E-state index is 12.1. The lowest BCUT2D eigenvalue weighted by Gasteiger charge is -2.30. The Morgan fingerprint density at radius 2 is 1.62 bits per heavy atom. The zero-order valence-corrected chi connectivity index (χ0v) is 15.9. The molecule has 1 saturated heterocycles. The van der Waals surface area contributed by atoms with Gasteiger partial charge in [0.25, 0.3) is 0 Å². The van der Waals surface area contributed by atoms with Crippen LogP contribution < -0.4 is 10.6 Å². The summed E-state index contributed by atoms with van der Waals surface area (Å²) in [5.74, 6) is 0. The van der Waals surface area contributed by atoms with Gasteiger partial charge in [-0.15, -0.1) is 0 Å². The number of ether oxygens (including phenoxy) is 1. The molecule has 0 spiro atoms. The van der Waals surface area contributed by atoms with E-state index in [-0.39, 0.29) is 12.1 Å². The van der Waals surface area contributed by atoms with E-state index in [0.29, 0.717) is 13.1 Å². The number of hydrogen-bond donors (Lipinski definition) is 2. The molecule has 1 atom stereocenters. The highest BCUT2D eigenvalue weighted by Gasteiger charge is 2.18. The second-order valence-corrected chi connectivity index (χ2v) is 6.92. The Morgan fingerprint density at radius 3 is 2.21 bits per heavy atom. The molecule has 2 rings (SSSR count). The van der Waals surface area contributed by atoms with E-state index in [2.05, 4.69) is 57.2 Å². The molecule has 1 aliphatic rings. The summed E-state index contributed by atoms with van der Waals surface area (Å²) < 4.78 is 5.66. The molecular formula is C19H31N3O2. The fourth-order valence-corrected chi connectivity index (χ4v) is 3.27. The first-order valence-electron chi connectivity index (χ1n) is 8.69. The van der Waals surface area contributed by atoms with Crippen LogP contribution in [0, 0.1) is 34.6 Å². The van der Waals surface area contributed by atoms with E-state index in [0.717, 1.165) is 19.7 Å². The predicted octanol–water partition coefficient (Wildman–Crippen LogP) is 2.36. The van der Waals surface area contributed by atoms with Crippen molar-refractivity contribution in [3.63, 3.8) is 0 Å². The van der Waals surface area contributed by atoms with Gasteiger partial charge in [-0.2, -0.15) is 0 Å². The number of hydrogen-bond acceptors (Lipinski definition) is 3. The van der Waals surface area contributed by atoms with Crippen LogP contribution in [0.1, 0.15) is 33.4 Å². The minimum absolute atomic E-state index is 0.0711. The summed E-state index contributed by atoms with van der Waals surface area (Å²) in [4.78, 5) is 14.3. The van der Waals surface area contributed by atoms with Gasteiger partial charge < -0.3 is 20.3 Å². The van der Waals surface area contributed by atoms with Crippen molar-refractivity contribution < 1.29 is 9.53 Å². The van der Waals surface area contributed by atoms with E-state index in [9.17, 15) is 4.79 Å². The van der Waals surface area contributed by atoms with Gasteiger partial charge in [0.15, 0.2) is 0 Å². The Hall–Kier alpha value is -1.59. The molecule has 1 aliphatic heterocycles. The second-order valence-electron chi connectivity index (χ2n) is 6.92. The van der Waals surface area contributed by atoms with Gasteiger partial charge in [0.1, 0.15) is 0 Å². The van der Waals surface area contributed by atoms with Crippen LogP contribution in [0.4, 0.5) is 4.79 Å². The third-order valence-corrected chi connectivity index (χ3v) is 5.41. The molecule has 24 heavy (non-hydrogen) atoms. The Labute approximate surface area is 145 Å². The summed E-state index contributed by atoms with van der Waals surface area (Å²) in [6, 6.07) is -0.137. The van der Waals surface area contributed by atoms with Crippen molar-refractivity contribution in [2.24, 2.45) is 0 Å². The predicted molar refractivity (Wildman–Crippen MR) is 97.6 cm³/mol. The van der Waals surface area contributed by atoms with Crippen molar-refractivity contribution in [3.8, 4) is 0 Å². The zero-order valence-electron chi connectivity index (χ0n) is 15.9. The molecule has 2 N–H and O–H groups in total. The Kier molecular flexibility index (Phi) is 6.24. The normalized spacial score (nSPS) is 18.5. The lowest BCUT2D eigenvalue weighted by molar-refractivity contribution is -0.0167. The van der Waals surface area contributed by atoms with E-state index >= 15 is 0 Å². The first kappa shape index (κ1) is 18.7. The van der Waals surface area contributed by atoms with Gasteiger partial charge >= 0.3 is 6.03 Å². The average Bonchev–Trinajstić information content (AvgIpc) is 2.56. The van der Waals surface area contributed by atoms with E-state index in [1.807, 2.05) is 0 Å². The molecule has 5 heteroatoms. The van der Waals surface area contributed by atoms with Gasteiger partial charge in [-0.1, -0.05) is 0 Å². The maximum absolute atomic E-state index is 12.1. The second kappa shape index (κ2) is 7.99. The van der Waals surface area contributed by atoms with Crippen molar-refractivity contribution in [1.82, 2.24) is 15.5 Å². The van der Waals surface area contributed by atoms with Crippen molar-refractivity contribution >= 4 is 6.03 Å². The van der Waals surface area contributed by atoms with E-state index < -0.39 is 0 Å². The standard InChI is InChI=1S/C19H31N3O2/c1-12-13(2)15(4)18(16(5)14(12)3)10-21-19(23)20-9-17-11-22(6)7-8-24-17/h17H,7-11H2,1-6H3,(H2,20,21,23). The molecule has 5 nitrogen and oxygen atoms in total. The van der Waals surface area contributed by atoms with E-state index in [1.165, 1.54) is 33.4 Å². The summed E-state index contributed by atoms with van der Waals surface area (Å²) in [6.45, 7) is 14.4. The number of carbonyl (C=O) groups excluding carboxylic acids is 1. The monoisotopic (exact) mass is 333 g/mol.